The number of nitrogens with zero attached hydrogens (tertiary/aromatic N) is 2. The predicted octanol–water partition coefficient (Wildman–Crippen LogP) is 6.93. The quantitative estimate of drug-likeness (QED) is 0.276. The van der Waals surface area contributed by atoms with E-state index in [4.69, 9.17) is 5.10 Å². The number of amides is 1. The molecular weight excluding hydrogens is 450 g/mol. The van der Waals surface area contributed by atoms with Gasteiger partial charge in [-0.05, 0) is 66.1 Å². The Morgan fingerprint density at radius 3 is 2.37 bits per heavy atom. The van der Waals surface area contributed by atoms with Crippen molar-refractivity contribution in [1.82, 2.24) is 15.1 Å². The van der Waals surface area contributed by atoms with Crippen LogP contribution in [0.3, 0.4) is 0 Å². The van der Waals surface area contributed by atoms with Gasteiger partial charge in [-0.1, -0.05) is 78.9 Å². The molecule has 0 radical (unpaired) electrons. The van der Waals surface area contributed by atoms with Crippen molar-refractivity contribution in [3.63, 3.8) is 0 Å². The highest BCUT2D eigenvalue weighted by Gasteiger charge is 2.23. The number of benzene rings is 3. The SMILES string of the molecule is Cc1ccc(C)c(-n2nc(-c3cccs3)cc2C(=O)NC(Cc2ccccc2)c2ccccc2)c1. The molecule has 0 aliphatic carbocycles. The van der Waals surface area contributed by atoms with Crippen molar-refractivity contribution >= 4 is 17.2 Å². The Balaban J connectivity index is 1.54. The van der Waals surface area contributed by atoms with Gasteiger partial charge in [0.1, 0.15) is 11.4 Å². The van der Waals surface area contributed by atoms with Crippen LogP contribution in [0.15, 0.2) is 102 Å². The van der Waals surface area contributed by atoms with Crippen LogP contribution in [0.4, 0.5) is 0 Å². The normalized spacial score (nSPS) is 11.8. The minimum absolute atomic E-state index is 0.147. The van der Waals surface area contributed by atoms with Crippen molar-refractivity contribution in [2.75, 3.05) is 0 Å². The molecule has 5 aromatic rings. The standard InChI is InChI=1S/C30H27N3OS/c1-21-15-16-22(2)27(18-21)33-28(20-26(32-33)29-14-9-17-35-29)30(34)31-25(24-12-7-4-8-13-24)19-23-10-5-3-6-11-23/h3-18,20,25H,19H2,1-2H3,(H,31,34). The van der Waals surface area contributed by atoms with Gasteiger partial charge < -0.3 is 5.32 Å². The zero-order chi connectivity index (χ0) is 24.2. The number of thiophene rings is 1. The molecule has 0 bridgehead atoms. The lowest BCUT2D eigenvalue weighted by Gasteiger charge is -2.20. The van der Waals surface area contributed by atoms with Crippen LogP contribution in [0.2, 0.25) is 0 Å². The Bertz CT molecular complexity index is 1420. The second-order valence-corrected chi connectivity index (χ2v) is 9.67. The van der Waals surface area contributed by atoms with E-state index in [2.05, 4.69) is 54.7 Å². The van der Waals surface area contributed by atoms with Crippen molar-refractivity contribution in [2.45, 2.75) is 26.3 Å². The molecule has 0 saturated heterocycles. The van der Waals surface area contributed by atoms with Crippen LogP contribution in [0.1, 0.15) is 38.8 Å². The summed E-state index contributed by atoms with van der Waals surface area (Å²) in [6.45, 7) is 4.10. The van der Waals surface area contributed by atoms with E-state index in [0.717, 1.165) is 32.9 Å². The first-order valence-corrected chi connectivity index (χ1v) is 12.6. The number of rotatable bonds is 7. The summed E-state index contributed by atoms with van der Waals surface area (Å²) < 4.78 is 1.79. The fraction of sp³-hybridized carbons (Fsp3) is 0.133. The fourth-order valence-corrected chi connectivity index (χ4v) is 4.92. The average Bonchev–Trinajstić information content (AvgIpc) is 3.57. The van der Waals surface area contributed by atoms with Crippen LogP contribution >= 0.6 is 11.3 Å². The molecule has 5 rings (SSSR count). The highest BCUT2D eigenvalue weighted by Crippen LogP contribution is 2.28. The third kappa shape index (κ3) is 5.10. The van der Waals surface area contributed by atoms with E-state index in [1.54, 1.807) is 16.0 Å². The lowest BCUT2D eigenvalue weighted by Crippen LogP contribution is -2.31. The summed E-state index contributed by atoms with van der Waals surface area (Å²) in [7, 11) is 0. The van der Waals surface area contributed by atoms with Gasteiger partial charge in [0.2, 0.25) is 0 Å². The summed E-state index contributed by atoms with van der Waals surface area (Å²) in [5, 5.41) is 10.2. The van der Waals surface area contributed by atoms with Gasteiger partial charge in [-0.2, -0.15) is 5.10 Å². The van der Waals surface area contributed by atoms with Gasteiger partial charge in [0.25, 0.3) is 5.91 Å². The third-order valence-electron chi connectivity index (χ3n) is 6.10. The maximum absolute atomic E-state index is 13.8. The molecule has 1 amide bonds. The van der Waals surface area contributed by atoms with Crippen molar-refractivity contribution < 1.29 is 4.79 Å². The van der Waals surface area contributed by atoms with Crippen LogP contribution in [0.25, 0.3) is 16.3 Å². The van der Waals surface area contributed by atoms with Gasteiger partial charge in [0, 0.05) is 0 Å². The fourth-order valence-electron chi connectivity index (χ4n) is 4.24. The number of aromatic nitrogens is 2. The zero-order valence-corrected chi connectivity index (χ0v) is 20.6. The molecule has 0 aliphatic rings. The Labute approximate surface area is 209 Å². The molecule has 4 nitrogen and oxygen atoms in total. The van der Waals surface area contributed by atoms with Gasteiger partial charge in [0.15, 0.2) is 0 Å². The number of carbonyl (C=O) groups is 1. The van der Waals surface area contributed by atoms with Crippen molar-refractivity contribution in [2.24, 2.45) is 0 Å². The monoisotopic (exact) mass is 477 g/mol. The number of carbonyl (C=O) groups excluding carboxylic acids is 1. The van der Waals surface area contributed by atoms with E-state index in [9.17, 15) is 4.79 Å². The maximum atomic E-state index is 13.8. The first kappa shape index (κ1) is 22.8. The summed E-state index contributed by atoms with van der Waals surface area (Å²) in [5.41, 5.74) is 6.66. The van der Waals surface area contributed by atoms with Crippen molar-refractivity contribution in [3.8, 4) is 16.3 Å². The summed E-state index contributed by atoms with van der Waals surface area (Å²) in [6, 6.07) is 32.4. The number of hydrogen-bond acceptors (Lipinski definition) is 3. The first-order chi connectivity index (χ1) is 17.1. The molecule has 174 valence electrons. The molecule has 0 fully saturated rings. The van der Waals surface area contributed by atoms with Crippen molar-refractivity contribution in [3.05, 3.63) is 130 Å². The molecule has 0 saturated carbocycles. The van der Waals surface area contributed by atoms with E-state index < -0.39 is 0 Å². The van der Waals surface area contributed by atoms with Gasteiger partial charge in [0.05, 0.1) is 16.6 Å². The summed E-state index contributed by atoms with van der Waals surface area (Å²) in [4.78, 5) is 14.9. The Morgan fingerprint density at radius 1 is 0.914 bits per heavy atom. The second-order valence-electron chi connectivity index (χ2n) is 8.72. The van der Waals surface area contributed by atoms with Gasteiger partial charge in [-0.15, -0.1) is 11.3 Å². The highest BCUT2D eigenvalue weighted by molar-refractivity contribution is 7.13. The smallest absolute Gasteiger partial charge is 0.270 e. The molecular formula is C30H27N3OS. The van der Waals surface area contributed by atoms with E-state index in [0.29, 0.717) is 12.1 Å². The molecule has 2 aromatic heterocycles. The van der Waals surface area contributed by atoms with Crippen LogP contribution in [0.5, 0.6) is 0 Å². The topological polar surface area (TPSA) is 46.9 Å². The average molecular weight is 478 g/mol. The number of nitrogens with one attached hydrogen (secondary N) is 1. The first-order valence-electron chi connectivity index (χ1n) is 11.7. The summed E-state index contributed by atoms with van der Waals surface area (Å²) in [5.74, 6) is -0.147. The Kier molecular flexibility index (Phi) is 6.59. The van der Waals surface area contributed by atoms with Crippen LogP contribution < -0.4 is 5.32 Å². The van der Waals surface area contributed by atoms with E-state index in [1.807, 2.05) is 66.9 Å². The molecule has 0 spiro atoms. The van der Waals surface area contributed by atoms with Gasteiger partial charge >= 0.3 is 0 Å². The lowest BCUT2D eigenvalue weighted by atomic mass is 9.98. The minimum Gasteiger partial charge on any atom is -0.344 e. The summed E-state index contributed by atoms with van der Waals surface area (Å²) in [6.07, 6.45) is 0.700. The molecule has 1 N–H and O–H groups in total. The van der Waals surface area contributed by atoms with Crippen LogP contribution in [-0.2, 0) is 6.42 Å². The Hall–Kier alpha value is -3.96. The third-order valence-corrected chi connectivity index (χ3v) is 6.99. The lowest BCUT2D eigenvalue weighted by molar-refractivity contribution is 0.0928. The van der Waals surface area contributed by atoms with Crippen LogP contribution in [0, 0.1) is 13.8 Å². The highest BCUT2D eigenvalue weighted by atomic mass is 32.1. The molecule has 0 aliphatic heterocycles. The maximum Gasteiger partial charge on any atom is 0.270 e. The molecule has 35 heavy (non-hydrogen) atoms. The van der Waals surface area contributed by atoms with E-state index >= 15 is 0 Å². The number of hydrogen-bond donors (Lipinski definition) is 1. The van der Waals surface area contributed by atoms with Crippen molar-refractivity contribution in [1.29, 1.82) is 0 Å². The Morgan fingerprint density at radius 2 is 1.66 bits per heavy atom. The largest absolute Gasteiger partial charge is 0.344 e. The summed E-state index contributed by atoms with van der Waals surface area (Å²) >= 11 is 1.62. The second kappa shape index (κ2) is 10.1. The van der Waals surface area contributed by atoms with Gasteiger partial charge in [-0.25, -0.2) is 4.68 Å². The van der Waals surface area contributed by atoms with Crippen LogP contribution in [-0.4, -0.2) is 15.7 Å². The van der Waals surface area contributed by atoms with Gasteiger partial charge in [-0.3, -0.25) is 4.79 Å². The number of aryl methyl sites for hydroxylation is 2. The molecule has 2 heterocycles. The molecule has 5 heteroatoms. The molecule has 1 unspecified atom stereocenters. The zero-order valence-electron chi connectivity index (χ0n) is 19.8. The molecule has 3 aromatic carbocycles. The molecule has 1 atom stereocenters. The minimum atomic E-state index is -0.168. The van der Waals surface area contributed by atoms with E-state index in [1.165, 1.54) is 5.56 Å². The van der Waals surface area contributed by atoms with E-state index in [-0.39, 0.29) is 11.9 Å². The predicted molar refractivity (Wildman–Crippen MR) is 143 cm³/mol.